The van der Waals surface area contributed by atoms with Gasteiger partial charge in [0, 0.05) is 23.6 Å². The van der Waals surface area contributed by atoms with E-state index in [2.05, 4.69) is 36.2 Å². The van der Waals surface area contributed by atoms with Crippen LogP contribution >= 0.6 is 15.9 Å². The quantitative estimate of drug-likeness (QED) is 0.313. The average molecular weight is 664 g/mol. The number of benzene rings is 1. The number of carbonyl (C=O) groups excluding carboxylic acids is 1. The van der Waals surface area contributed by atoms with Crippen molar-refractivity contribution in [1.82, 2.24) is 20.3 Å². The third kappa shape index (κ3) is 5.22. The zero-order chi connectivity index (χ0) is 29.6. The van der Waals surface area contributed by atoms with Crippen molar-refractivity contribution in [1.29, 1.82) is 0 Å². The number of hydrogen-bond donors (Lipinski definition) is 1. The molecule has 4 aromatic rings. The van der Waals surface area contributed by atoms with Gasteiger partial charge < -0.3 is 19.7 Å². The van der Waals surface area contributed by atoms with E-state index in [1.807, 2.05) is 0 Å². The standard InChI is InChI=1S/C27H21BrF3N5O5S/c28-17-9-15(10-21-24(17)41-7-5-22(29)42(21,38)39)27(37)33-13-16-11-19-14(12-32-16)1-4-23(34-19)36-6-8-40-20-3-2-18(25(30)31)35-26(20)36/h1-4,9-12,22,25H,5-8,13H2,(H,33,37)/t22-/m1/s1. The fraction of sp³-hybridized carbons (Fsp3) is 0.259. The molecule has 0 saturated carbocycles. The van der Waals surface area contributed by atoms with E-state index in [9.17, 15) is 26.4 Å². The van der Waals surface area contributed by atoms with Gasteiger partial charge in [0.25, 0.3) is 12.3 Å². The summed E-state index contributed by atoms with van der Waals surface area (Å²) in [5.41, 5.74) is -1.53. The summed E-state index contributed by atoms with van der Waals surface area (Å²) >= 11 is 3.23. The molecule has 0 saturated heterocycles. The number of anilines is 2. The largest absolute Gasteiger partial charge is 0.491 e. The zero-order valence-electron chi connectivity index (χ0n) is 21.6. The van der Waals surface area contributed by atoms with E-state index in [1.54, 1.807) is 29.3 Å². The van der Waals surface area contributed by atoms with E-state index in [0.717, 1.165) is 6.07 Å². The second-order valence-electron chi connectivity index (χ2n) is 9.46. The molecule has 0 fully saturated rings. The van der Waals surface area contributed by atoms with E-state index < -0.39 is 32.6 Å². The monoisotopic (exact) mass is 663 g/mol. The summed E-state index contributed by atoms with van der Waals surface area (Å²) in [6, 6.07) is 10.4. The number of nitrogens with one attached hydrogen (secondary N) is 1. The number of nitrogens with zero attached hydrogens (tertiary/aromatic N) is 4. The van der Waals surface area contributed by atoms with Crippen LogP contribution in [-0.2, 0) is 16.4 Å². The summed E-state index contributed by atoms with van der Waals surface area (Å²) in [5, 5.41) is 3.39. The van der Waals surface area contributed by atoms with Crippen molar-refractivity contribution in [3.05, 3.63) is 70.1 Å². The van der Waals surface area contributed by atoms with Crippen LogP contribution in [0, 0.1) is 0 Å². The molecule has 1 atom stereocenters. The molecule has 1 amide bonds. The third-order valence-electron chi connectivity index (χ3n) is 6.74. The van der Waals surface area contributed by atoms with Gasteiger partial charge in [-0.3, -0.25) is 9.78 Å². The molecular weight excluding hydrogens is 643 g/mol. The van der Waals surface area contributed by atoms with Crippen LogP contribution in [0.15, 0.2) is 58.0 Å². The first-order chi connectivity index (χ1) is 20.1. The zero-order valence-corrected chi connectivity index (χ0v) is 24.0. The normalized spacial score (nSPS) is 17.5. The summed E-state index contributed by atoms with van der Waals surface area (Å²) in [5.74, 6) is 0.440. The van der Waals surface area contributed by atoms with Crippen LogP contribution in [-0.4, -0.2) is 54.5 Å². The molecule has 2 aliphatic rings. The van der Waals surface area contributed by atoms with Gasteiger partial charge in [-0.2, -0.15) is 0 Å². The lowest BCUT2D eigenvalue weighted by Crippen LogP contribution is -2.30. The van der Waals surface area contributed by atoms with Crippen molar-refractivity contribution >= 4 is 54.2 Å². The lowest BCUT2D eigenvalue weighted by molar-refractivity contribution is 0.0950. The Labute approximate surface area is 245 Å². The minimum absolute atomic E-state index is 0.00949. The first-order valence-corrected chi connectivity index (χ1v) is 15.0. The molecule has 0 bridgehead atoms. The van der Waals surface area contributed by atoms with E-state index in [4.69, 9.17) is 9.47 Å². The number of halogens is 4. The number of alkyl halides is 3. The smallest absolute Gasteiger partial charge is 0.280 e. The second-order valence-corrected chi connectivity index (χ2v) is 12.4. The molecule has 42 heavy (non-hydrogen) atoms. The van der Waals surface area contributed by atoms with Crippen LogP contribution in [0.25, 0.3) is 10.9 Å². The molecule has 0 spiro atoms. The lowest BCUT2D eigenvalue weighted by Gasteiger charge is -2.29. The SMILES string of the molecule is O=C(NCc1cc2nc(N3CCOc4ccc(C(F)F)nc43)ccc2cn1)c1cc(Br)c2c(c1)S(=O)(=O)[C@@H](F)CCO2. The molecule has 15 heteroatoms. The highest BCUT2D eigenvalue weighted by Crippen LogP contribution is 2.39. The number of hydrogen-bond acceptors (Lipinski definition) is 9. The molecule has 0 unspecified atom stereocenters. The summed E-state index contributed by atoms with van der Waals surface area (Å²) in [7, 11) is -4.34. The highest BCUT2D eigenvalue weighted by atomic mass is 79.9. The van der Waals surface area contributed by atoms with Gasteiger partial charge in [-0.25, -0.2) is 31.6 Å². The molecule has 218 valence electrons. The van der Waals surface area contributed by atoms with Crippen molar-refractivity contribution < 1.29 is 35.9 Å². The van der Waals surface area contributed by atoms with E-state index in [1.165, 1.54) is 18.2 Å². The maximum absolute atomic E-state index is 14.3. The third-order valence-corrected chi connectivity index (χ3v) is 9.16. The highest BCUT2D eigenvalue weighted by molar-refractivity contribution is 9.10. The van der Waals surface area contributed by atoms with Crippen molar-refractivity contribution in [2.75, 3.05) is 24.7 Å². The number of pyridine rings is 3. The lowest BCUT2D eigenvalue weighted by atomic mass is 10.2. The second kappa shape index (κ2) is 11.0. The first kappa shape index (κ1) is 28.2. The number of amides is 1. The number of fused-ring (bicyclic) bond motifs is 3. The molecule has 6 rings (SSSR count). The van der Waals surface area contributed by atoms with Crippen molar-refractivity contribution in [2.24, 2.45) is 0 Å². The number of rotatable bonds is 5. The fourth-order valence-electron chi connectivity index (χ4n) is 4.62. The summed E-state index contributed by atoms with van der Waals surface area (Å²) in [6.07, 6.45) is -1.48. The minimum Gasteiger partial charge on any atom is -0.491 e. The maximum atomic E-state index is 14.3. The molecule has 5 heterocycles. The Hall–Kier alpha value is -3.98. The number of ether oxygens (including phenoxy) is 2. The predicted molar refractivity (Wildman–Crippen MR) is 149 cm³/mol. The Morgan fingerprint density at radius 1 is 1.12 bits per heavy atom. The van der Waals surface area contributed by atoms with E-state index >= 15 is 0 Å². The molecule has 1 N–H and O–H groups in total. The average Bonchev–Trinajstić information content (AvgIpc) is 3.10. The van der Waals surface area contributed by atoms with Crippen LogP contribution in [0.4, 0.5) is 24.8 Å². The van der Waals surface area contributed by atoms with Crippen LogP contribution in [0.1, 0.15) is 34.6 Å². The summed E-state index contributed by atoms with van der Waals surface area (Å²) < 4.78 is 77.4. The molecule has 3 aromatic heterocycles. The minimum atomic E-state index is -4.34. The number of sulfone groups is 1. The fourth-order valence-corrected chi connectivity index (χ4v) is 6.72. The van der Waals surface area contributed by atoms with Crippen molar-refractivity contribution in [3.63, 3.8) is 0 Å². The van der Waals surface area contributed by atoms with Gasteiger partial charge in [0.05, 0.1) is 35.4 Å². The maximum Gasteiger partial charge on any atom is 0.280 e. The van der Waals surface area contributed by atoms with Crippen LogP contribution in [0.2, 0.25) is 0 Å². The number of aromatic nitrogens is 3. The highest BCUT2D eigenvalue weighted by Gasteiger charge is 2.35. The van der Waals surface area contributed by atoms with Crippen LogP contribution in [0.5, 0.6) is 11.5 Å². The van der Waals surface area contributed by atoms with Crippen molar-refractivity contribution in [3.8, 4) is 11.5 Å². The van der Waals surface area contributed by atoms with Crippen molar-refractivity contribution in [2.45, 2.75) is 29.8 Å². The van der Waals surface area contributed by atoms with Gasteiger partial charge in [-0.05, 0) is 58.4 Å². The summed E-state index contributed by atoms with van der Waals surface area (Å²) in [6.45, 7) is 0.518. The van der Waals surface area contributed by atoms with Gasteiger partial charge in [0.2, 0.25) is 15.3 Å². The Kier molecular flexibility index (Phi) is 7.39. The molecule has 0 radical (unpaired) electrons. The molecular formula is C27H21BrF3N5O5S. The topological polar surface area (TPSA) is 124 Å². The Balaban J connectivity index is 1.24. The Morgan fingerprint density at radius 2 is 1.95 bits per heavy atom. The van der Waals surface area contributed by atoms with Gasteiger partial charge >= 0.3 is 0 Å². The van der Waals surface area contributed by atoms with E-state index in [-0.39, 0.29) is 46.9 Å². The van der Waals surface area contributed by atoms with Gasteiger partial charge in [0.15, 0.2) is 17.3 Å². The molecule has 2 aliphatic heterocycles. The van der Waals surface area contributed by atoms with Crippen LogP contribution in [0.3, 0.4) is 0 Å². The Morgan fingerprint density at radius 3 is 2.76 bits per heavy atom. The predicted octanol–water partition coefficient (Wildman–Crippen LogP) is 5.04. The molecule has 10 nitrogen and oxygen atoms in total. The first-order valence-electron chi connectivity index (χ1n) is 12.7. The van der Waals surface area contributed by atoms with Gasteiger partial charge in [-0.1, -0.05) is 0 Å². The van der Waals surface area contributed by atoms with Gasteiger partial charge in [-0.15, -0.1) is 0 Å². The van der Waals surface area contributed by atoms with Crippen LogP contribution < -0.4 is 19.7 Å². The van der Waals surface area contributed by atoms with E-state index in [0.29, 0.717) is 41.3 Å². The Bertz CT molecular complexity index is 1830. The molecule has 0 aliphatic carbocycles. The van der Waals surface area contributed by atoms with Gasteiger partial charge in [0.1, 0.15) is 23.0 Å². The molecule has 1 aromatic carbocycles. The summed E-state index contributed by atoms with van der Waals surface area (Å²) in [4.78, 5) is 27.4. The number of carbonyl (C=O) groups is 1.